The molecule has 1 aromatic carbocycles. The van der Waals surface area contributed by atoms with Gasteiger partial charge in [0.1, 0.15) is 5.02 Å². The average molecular weight is 363 g/mol. The van der Waals surface area contributed by atoms with Gasteiger partial charge in [0, 0.05) is 30.0 Å². The van der Waals surface area contributed by atoms with Crippen molar-refractivity contribution in [3.05, 3.63) is 38.9 Å². The van der Waals surface area contributed by atoms with Crippen LogP contribution < -0.4 is 0 Å². The van der Waals surface area contributed by atoms with Crippen molar-refractivity contribution in [3.63, 3.8) is 0 Å². The SMILES string of the molecule is CCN(C(=O)c1ccc(Cl)c([N+](=O)[O-])c1)C(C)CS(=O)(=O)CC. The fourth-order valence-electron chi connectivity index (χ4n) is 2.18. The Morgan fingerprint density at radius 1 is 1.39 bits per heavy atom. The summed E-state index contributed by atoms with van der Waals surface area (Å²) in [5.41, 5.74) is -0.258. The molecular formula is C14H19ClN2O5S. The van der Waals surface area contributed by atoms with Crippen LogP contribution in [0.25, 0.3) is 0 Å². The molecule has 0 aromatic heterocycles. The Morgan fingerprint density at radius 3 is 2.48 bits per heavy atom. The molecule has 1 unspecified atom stereocenters. The van der Waals surface area contributed by atoms with E-state index in [9.17, 15) is 23.3 Å². The number of sulfone groups is 1. The monoisotopic (exact) mass is 362 g/mol. The van der Waals surface area contributed by atoms with E-state index in [0.29, 0.717) is 0 Å². The van der Waals surface area contributed by atoms with Crippen LogP contribution in [0.2, 0.25) is 5.02 Å². The van der Waals surface area contributed by atoms with Gasteiger partial charge in [0.15, 0.2) is 9.84 Å². The Balaban J connectivity index is 3.10. The highest BCUT2D eigenvalue weighted by molar-refractivity contribution is 7.91. The van der Waals surface area contributed by atoms with E-state index in [1.54, 1.807) is 20.8 Å². The maximum atomic E-state index is 12.5. The normalized spacial score (nSPS) is 12.7. The second-order valence-electron chi connectivity index (χ2n) is 5.06. The lowest BCUT2D eigenvalue weighted by atomic mass is 10.1. The smallest absolute Gasteiger partial charge is 0.288 e. The van der Waals surface area contributed by atoms with Crippen LogP contribution in [-0.2, 0) is 9.84 Å². The Labute approximate surface area is 140 Å². The minimum atomic E-state index is -3.24. The summed E-state index contributed by atoms with van der Waals surface area (Å²) in [6.07, 6.45) is 0. The summed E-state index contributed by atoms with van der Waals surface area (Å²) in [6, 6.07) is 3.25. The molecular weight excluding hydrogens is 344 g/mol. The highest BCUT2D eigenvalue weighted by Gasteiger charge is 2.25. The predicted molar refractivity (Wildman–Crippen MR) is 88.6 cm³/mol. The molecule has 1 amide bonds. The van der Waals surface area contributed by atoms with E-state index >= 15 is 0 Å². The summed E-state index contributed by atoms with van der Waals surface area (Å²) in [6.45, 7) is 5.19. The van der Waals surface area contributed by atoms with Gasteiger partial charge in [-0.05, 0) is 26.0 Å². The molecule has 23 heavy (non-hydrogen) atoms. The van der Waals surface area contributed by atoms with Gasteiger partial charge >= 0.3 is 0 Å². The van der Waals surface area contributed by atoms with E-state index in [4.69, 9.17) is 11.6 Å². The predicted octanol–water partition coefficient (Wildman–Crippen LogP) is 2.53. The van der Waals surface area contributed by atoms with Gasteiger partial charge in [-0.1, -0.05) is 18.5 Å². The van der Waals surface area contributed by atoms with Gasteiger partial charge in [-0.2, -0.15) is 0 Å². The number of carbonyl (C=O) groups is 1. The first-order valence-corrected chi connectivity index (χ1v) is 9.28. The second kappa shape index (κ2) is 7.74. The van der Waals surface area contributed by atoms with Crippen molar-refractivity contribution in [2.75, 3.05) is 18.1 Å². The molecule has 0 saturated carbocycles. The Kier molecular flexibility index (Phi) is 6.52. The molecule has 7 nitrogen and oxygen atoms in total. The Morgan fingerprint density at radius 2 is 2.00 bits per heavy atom. The lowest BCUT2D eigenvalue weighted by Crippen LogP contribution is -2.42. The summed E-state index contributed by atoms with van der Waals surface area (Å²) in [5, 5.41) is 10.9. The number of hydrogen-bond donors (Lipinski definition) is 0. The molecule has 0 radical (unpaired) electrons. The molecule has 0 spiro atoms. The van der Waals surface area contributed by atoms with Crippen molar-refractivity contribution in [2.24, 2.45) is 0 Å². The molecule has 0 aliphatic carbocycles. The van der Waals surface area contributed by atoms with Crippen molar-refractivity contribution >= 4 is 33.0 Å². The number of rotatable bonds is 7. The van der Waals surface area contributed by atoms with E-state index in [-0.39, 0.29) is 34.3 Å². The van der Waals surface area contributed by atoms with Crippen LogP contribution in [0.5, 0.6) is 0 Å². The molecule has 128 valence electrons. The van der Waals surface area contributed by atoms with Gasteiger partial charge in [-0.3, -0.25) is 14.9 Å². The number of carbonyl (C=O) groups excluding carboxylic acids is 1. The summed E-state index contributed by atoms with van der Waals surface area (Å²) in [7, 11) is -3.24. The average Bonchev–Trinajstić information content (AvgIpc) is 2.47. The summed E-state index contributed by atoms with van der Waals surface area (Å²) >= 11 is 5.73. The minimum Gasteiger partial charge on any atom is -0.335 e. The minimum absolute atomic E-state index is 0.00446. The first kappa shape index (κ1) is 19.4. The summed E-state index contributed by atoms with van der Waals surface area (Å²) in [5.74, 6) is -0.625. The van der Waals surface area contributed by atoms with Gasteiger partial charge in [0.05, 0.1) is 10.7 Å². The molecule has 9 heteroatoms. The lowest BCUT2D eigenvalue weighted by Gasteiger charge is -2.28. The van der Waals surface area contributed by atoms with Crippen LogP contribution in [0.1, 0.15) is 31.1 Å². The first-order valence-electron chi connectivity index (χ1n) is 7.08. The van der Waals surface area contributed by atoms with Gasteiger partial charge in [0.25, 0.3) is 11.6 Å². The van der Waals surface area contributed by atoms with E-state index < -0.39 is 26.7 Å². The standard InChI is InChI=1S/C14H19ClN2O5S/c1-4-16(10(3)9-23(21,22)5-2)14(18)11-6-7-12(15)13(8-11)17(19)20/h6-8,10H,4-5,9H2,1-3H3. The van der Waals surface area contributed by atoms with E-state index in [1.807, 2.05) is 0 Å². The zero-order valence-electron chi connectivity index (χ0n) is 13.2. The van der Waals surface area contributed by atoms with Gasteiger partial charge in [-0.15, -0.1) is 0 Å². The Hall–Kier alpha value is -1.67. The summed E-state index contributed by atoms with van der Waals surface area (Å²) < 4.78 is 23.5. The molecule has 1 rings (SSSR count). The molecule has 0 bridgehead atoms. The fraction of sp³-hybridized carbons (Fsp3) is 0.500. The van der Waals surface area contributed by atoms with Crippen LogP contribution in [0.15, 0.2) is 18.2 Å². The molecule has 0 fully saturated rings. The van der Waals surface area contributed by atoms with Crippen molar-refractivity contribution in [2.45, 2.75) is 26.8 Å². The zero-order chi connectivity index (χ0) is 17.8. The number of nitro benzene ring substituents is 1. The van der Waals surface area contributed by atoms with Crippen molar-refractivity contribution in [3.8, 4) is 0 Å². The van der Waals surface area contributed by atoms with Crippen LogP contribution in [0, 0.1) is 10.1 Å². The number of hydrogen-bond acceptors (Lipinski definition) is 5. The topological polar surface area (TPSA) is 97.6 Å². The van der Waals surface area contributed by atoms with Crippen molar-refractivity contribution in [1.82, 2.24) is 4.90 Å². The maximum Gasteiger partial charge on any atom is 0.288 e. The third kappa shape index (κ3) is 4.90. The third-order valence-electron chi connectivity index (χ3n) is 3.46. The first-order chi connectivity index (χ1) is 10.6. The van der Waals surface area contributed by atoms with E-state index in [1.165, 1.54) is 17.0 Å². The Bertz CT molecular complexity index is 705. The molecule has 0 saturated heterocycles. The quantitative estimate of drug-likeness (QED) is 0.548. The van der Waals surface area contributed by atoms with Gasteiger partial charge in [-0.25, -0.2) is 8.42 Å². The van der Waals surface area contributed by atoms with Crippen LogP contribution in [0.4, 0.5) is 5.69 Å². The second-order valence-corrected chi connectivity index (χ2v) is 7.87. The molecule has 0 N–H and O–H groups in total. The van der Waals surface area contributed by atoms with E-state index in [2.05, 4.69) is 0 Å². The number of nitro groups is 1. The van der Waals surface area contributed by atoms with Gasteiger partial charge in [0.2, 0.25) is 0 Å². The molecule has 0 aliphatic heterocycles. The summed E-state index contributed by atoms with van der Waals surface area (Å²) in [4.78, 5) is 24.2. The molecule has 0 aliphatic rings. The van der Waals surface area contributed by atoms with Crippen LogP contribution in [0.3, 0.4) is 0 Å². The number of amides is 1. The fourth-order valence-corrected chi connectivity index (χ4v) is 3.52. The highest BCUT2D eigenvalue weighted by Crippen LogP contribution is 2.26. The number of benzene rings is 1. The zero-order valence-corrected chi connectivity index (χ0v) is 14.7. The third-order valence-corrected chi connectivity index (χ3v) is 5.65. The van der Waals surface area contributed by atoms with Crippen LogP contribution >= 0.6 is 11.6 Å². The highest BCUT2D eigenvalue weighted by atomic mass is 35.5. The molecule has 1 atom stereocenters. The molecule has 0 heterocycles. The largest absolute Gasteiger partial charge is 0.335 e. The van der Waals surface area contributed by atoms with Crippen LogP contribution in [-0.4, -0.2) is 48.2 Å². The molecule has 1 aromatic rings. The van der Waals surface area contributed by atoms with E-state index in [0.717, 1.165) is 6.07 Å². The van der Waals surface area contributed by atoms with Gasteiger partial charge < -0.3 is 4.90 Å². The number of halogens is 1. The van der Waals surface area contributed by atoms with Crippen molar-refractivity contribution < 1.29 is 18.1 Å². The van der Waals surface area contributed by atoms with Crippen molar-refractivity contribution in [1.29, 1.82) is 0 Å². The maximum absolute atomic E-state index is 12.5. The number of nitrogens with zero attached hydrogens (tertiary/aromatic N) is 2. The lowest BCUT2D eigenvalue weighted by molar-refractivity contribution is -0.384.